The molecule has 0 saturated carbocycles. The highest BCUT2D eigenvalue weighted by Crippen LogP contribution is 2.45. The van der Waals surface area contributed by atoms with Crippen LogP contribution in [0, 0.1) is 0 Å². The Morgan fingerprint density at radius 2 is 1.73 bits per heavy atom. The molecule has 1 saturated heterocycles. The number of imidazole rings is 1. The number of nitrogens with one attached hydrogen (secondary N) is 1. The molecule has 48 heavy (non-hydrogen) atoms. The van der Waals surface area contributed by atoms with Crippen molar-refractivity contribution in [1.29, 1.82) is 0 Å². The van der Waals surface area contributed by atoms with E-state index in [0.29, 0.717) is 12.1 Å². The summed E-state index contributed by atoms with van der Waals surface area (Å²) >= 11 is 12.6. The van der Waals surface area contributed by atoms with E-state index in [0.717, 1.165) is 21.0 Å². The first-order valence-electron chi connectivity index (χ1n) is 15.1. The highest BCUT2D eigenvalue weighted by Gasteiger charge is 2.53. The van der Waals surface area contributed by atoms with Crippen LogP contribution >= 0.6 is 23.2 Å². The number of carbonyl (C=O) groups excluding carboxylic acids is 2. The van der Waals surface area contributed by atoms with Gasteiger partial charge in [0.2, 0.25) is 11.9 Å². The second-order valence-corrected chi connectivity index (χ2v) is 14.8. The van der Waals surface area contributed by atoms with E-state index in [2.05, 4.69) is 20.3 Å². The van der Waals surface area contributed by atoms with Gasteiger partial charge in [-0.05, 0) is 56.0 Å². The molecule has 2 aliphatic heterocycles. The molecule has 6 rings (SSSR count). The van der Waals surface area contributed by atoms with E-state index in [4.69, 9.17) is 28.3 Å². The molecule has 1 fully saturated rings. The number of carbonyl (C=O) groups is 3. The Hall–Kier alpha value is -4.37. The third-order valence-corrected chi connectivity index (χ3v) is 10.8. The average Bonchev–Trinajstić information content (AvgIpc) is 3.74. The first kappa shape index (κ1) is 33.5. The summed E-state index contributed by atoms with van der Waals surface area (Å²) in [5, 5.41) is 12.0. The molecule has 2 N–H and O–H groups in total. The van der Waals surface area contributed by atoms with Crippen molar-refractivity contribution in [2.45, 2.75) is 62.2 Å². The molecule has 3 atom stereocenters. The molecule has 1 unspecified atom stereocenters. The Morgan fingerprint density at radius 3 is 2.38 bits per heavy atom. The van der Waals surface area contributed by atoms with Crippen LogP contribution in [0.25, 0.3) is 11.1 Å². The lowest BCUT2D eigenvalue weighted by atomic mass is 9.91. The number of anilines is 2. The Bertz CT molecular complexity index is 1990. The van der Waals surface area contributed by atoms with Crippen LogP contribution in [-0.2, 0) is 36.4 Å². The van der Waals surface area contributed by atoms with Gasteiger partial charge in [-0.25, -0.2) is 28.3 Å². The number of amides is 2. The number of carboxylic acid groups (broad SMARTS) is 1. The predicted molar refractivity (Wildman–Crippen MR) is 177 cm³/mol. The van der Waals surface area contributed by atoms with E-state index in [1.165, 1.54) is 35.0 Å². The number of nitrogens with zero attached hydrogens (tertiary/aromatic N) is 6. The van der Waals surface area contributed by atoms with Crippen molar-refractivity contribution in [3.8, 4) is 11.1 Å². The fourth-order valence-corrected chi connectivity index (χ4v) is 8.70. The number of aliphatic carboxylic acids is 1. The quantitative estimate of drug-likeness (QED) is 0.242. The molecule has 0 radical (unpaired) electrons. The van der Waals surface area contributed by atoms with Gasteiger partial charge < -0.3 is 10.4 Å². The largest absolute Gasteiger partial charge is 0.481 e. The first-order chi connectivity index (χ1) is 22.8. The zero-order chi connectivity index (χ0) is 34.4. The Labute approximate surface area is 286 Å². The lowest BCUT2D eigenvalue weighted by molar-refractivity contribution is -0.137. The number of rotatable bonds is 10. The molecule has 2 aromatic carbocycles. The van der Waals surface area contributed by atoms with Crippen LogP contribution in [0.15, 0.2) is 72.4 Å². The Kier molecular flexibility index (Phi) is 9.02. The zero-order valence-electron chi connectivity index (χ0n) is 25.9. The molecule has 4 heterocycles. The van der Waals surface area contributed by atoms with Crippen molar-refractivity contribution < 1.29 is 27.9 Å². The molecule has 2 amide bonds. The lowest BCUT2D eigenvalue weighted by Gasteiger charge is -2.29. The molecule has 0 spiro atoms. The van der Waals surface area contributed by atoms with E-state index in [1.54, 1.807) is 31.5 Å². The van der Waals surface area contributed by atoms with Crippen molar-refractivity contribution in [2.75, 3.05) is 11.4 Å². The molecule has 16 heteroatoms. The number of benzene rings is 2. The fourth-order valence-electron chi connectivity index (χ4n) is 6.34. The molecular formula is C32H31Cl2N7O6S. The summed E-state index contributed by atoms with van der Waals surface area (Å²) in [5.74, 6) is -2.09. The third kappa shape index (κ3) is 6.16. The van der Waals surface area contributed by atoms with Crippen molar-refractivity contribution in [3.63, 3.8) is 0 Å². The van der Waals surface area contributed by atoms with Gasteiger partial charge in [-0.15, -0.1) is 0 Å². The van der Waals surface area contributed by atoms with Gasteiger partial charge in [0, 0.05) is 47.0 Å². The van der Waals surface area contributed by atoms with Gasteiger partial charge in [-0.1, -0.05) is 47.5 Å². The predicted octanol–water partition coefficient (Wildman–Crippen LogP) is 4.42. The van der Waals surface area contributed by atoms with Crippen LogP contribution in [0.4, 0.5) is 11.6 Å². The second-order valence-electron chi connectivity index (χ2n) is 12.1. The molecule has 2 aromatic heterocycles. The second kappa shape index (κ2) is 12.9. The number of carboxylic acids is 1. The van der Waals surface area contributed by atoms with Gasteiger partial charge in [0.05, 0.1) is 18.3 Å². The topological polar surface area (TPSA) is 168 Å². The summed E-state index contributed by atoms with van der Waals surface area (Å²) in [6, 6.07) is 10.3. The summed E-state index contributed by atoms with van der Waals surface area (Å²) < 4.78 is 31.4. The molecular weight excluding hydrogens is 681 g/mol. The summed E-state index contributed by atoms with van der Waals surface area (Å²) in [6.45, 7) is 3.24. The van der Waals surface area contributed by atoms with Gasteiger partial charge in [0.1, 0.15) is 17.9 Å². The minimum atomic E-state index is -4.41. The normalized spacial score (nSPS) is 20.1. The SMILES string of the molecule is CC(CC(=O)O)NC(=O)[C@@H]1CCCN1S(=O)(=O)c1cnc2n1[C@](C)(Cc1ccc(-c3cncnc3)cc1)C(=O)N2c1cc(Cl)cc(Cl)c1. The highest BCUT2D eigenvalue weighted by atomic mass is 35.5. The smallest absolute Gasteiger partial charge is 0.305 e. The molecule has 250 valence electrons. The monoisotopic (exact) mass is 711 g/mol. The third-order valence-electron chi connectivity index (χ3n) is 8.52. The number of sulfonamides is 1. The maximum Gasteiger partial charge on any atom is 0.305 e. The van der Waals surface area contributed by atoms with Gasteiger partial charge in [0.15, 0.2) is 5.03 Å². The number of hydrogen-bond donors (Lipinski definition) is 2. The Morgan fingerprint density at radius 1 is 1.06 bits per heavy atom. The van der Waals surface area contributed by atoms with Gasteiger partial charge >= 0.3 is 5.97 Å². The number of hydrogen-bond acceptors (Lipinski definition) is 8. The van der Waals surface area contributed by atoms with Crippen LogP contribution in [0.3, 0.4) is 0 Å². The minimum Gasteiger partial charge on any atom is -0.481 e. The van der Waals surface area contributed by atoms with E-state index >= 15 is 0 Å². The summed E-state index contributed by atoms with van der Waals surface area (Å²) in [4.78, 5) is 52.7. The van der Waals surface area contributed by atoms with E-state index in [1.807, 2.05) is 24.3 Å². The van der Waals surface area contributed by atoms with Crippen molar-refractivity contribution in [2.24, 2.45) is 0 Å². The van der Waals surface area contributed by atoms with Crippen molar-refractivity contribution >= 4 is 62.6 Å². The number of halogens is 2. The average molecular weight is 713 g/mol. The maximum atomic E-state index is 14.5. The minimum absolute atomic E-state index is 0.0488. The van der Waals surface area contributed by atoms with Crippen LogP contribution in [-0.4, -0.2) is 73.8 Å². The molecule has 13 nitrogen and oxygen atoms in total. The number of aromatic nitrogens is 4. The molecule has 4 aromatic rings. The summed E-state index contributed by atoms with van der Waals surface area (Å²) in [7, 11) is -4.41. The van der Waals surface area contributed by atoms with Crippen LogP contribution in [0.1, 0.15) is 38.7 Å². The van der Waals surface area contributed by atoms with Gasteiger partial charge in [-0.3, -0.25) is 19.0 Å². The molecule has 2 aliphatic rings. The van der Waals surface area contributed by atoms with Crippen molar-refractivity contribution in [1.82, 2.24) is 29.1 Å². The van der Waals surface area contributed by atoms with E-state index in [-0.39, 0.29) is 46.8 Å². The van der Waals surface area contributed by atoms with Crippen molar-refractivity contribution in [3.05, 3.63) is 83.0 Å². The first-order valence-corrected chi connectivity index (χ1v) is 17.3. The van der Waals surface area contributed by atoms with Crippen LogP contribution in [0.5, 0.6) is 0 Å². The fraction of sp³-hybridized carbons (Fsp3) is 0.312. The molecule has 0 bridgehead atoms. The lowest BCUT2D eigenvalue weighted by Crippen LogP contribution is -2.49. The zero-order valence-corrected chi connectivity index (χ0v) is 28.2. The van der Waals surface area contributed by atoms with Gasteiger partial charge in [0.25, 0.3) is 15.9 Å². The standard InChI is InChI=1S/C32H31Cl2N7O6S/c1-19(10-28(42)43)38-29(44)26-4-3-9-39(26)48(46,47)27-17-37-31-40(25-12-23(33)11-24(34)13-25)30(45)32(2,41(27)31)14-20-5-7-21(8-6-20)22-15-35-18-36-16-22/h5-8,11-13,15-19,26H,3-4,9-10,14H2,1-2H3,(H,38,44)(H,42,43)/t19?,26-,32+/m0/s1. The summed E-state index contributed by atoms with van der Waals surface area (Å²) in [6.07, 6.45) is 6.43. The van der Waals surface area contributed by atoms with Gasteiger partial charge in [-0.2, -0.15) is 4.31 Å². The number of fused-ring (bicyclic) bond motifs is 1. The van der Waals surface area contributed by atoms with E-state index < -0.39 is 45.4 Å². The molecule has 0 aliphatic carbocycles. The van der Waals surface area contributed by atoms with Crippen LogP contribution in [0.2, 0.25) is 10.0 Å². The van der Waals surface area contributed by atoms with Crippen LogP contribution < -0.4 is 10.2 Å². The maximum absolute atomic E-state index is 14.5. The Balaban J connectivity index is 1.41. The highest BCUT2D eigenvalue weighted by molar-refractivity contribution is 7.89. The summed E-state index contributed by atoms with van der Waals surface area (Å²) in [5.41, 5.74) is 1.23. The van der Waals surface area contributed by atoms with E-state index in [9.17, 15) is 22.8 Å².